The summed E-state index contributed by atoms with van der Waals surface area (Å²) in [5, 5.41) is 2.69. The molecule has 7 nitrogen and oxygen atoms in total. The topological polar surface area (TPSA) is 86.8 Å². The number of anilines is 2. The molecule has 0 aliphatic carbocycles. The Morgan fingerprint density at radius 2 is 2.16 bits per heavy atom. The fourth-order valence-electron chi connectivity index (χ4n) is 3.17. The van der Waals surface area contributed by atoms with Crippen LogP contribution in [0.4, 0.5) is 15.9 Å². The van der Waals surface area contributed by atoms with Crippen LogP contribution in [0, 0.1) is 11.7 Å². The van der Waals surface area contributed by atoms with E-state index in [9.17, 15) is 9.18 Å². The molecule has 1 aliphatic heterocycles. The number of fused-ring (bicyclic) bond motifs is 1. The number of para-hydroxylation sites is 1. The van der Waals surface area contributed by atoms with Crippen molar-refractivity contribution in [2.75, 3.05) is 23.3 Å². The molecule has 1 amide bonds. The maximum atomic E-state index is 13.7. The molecule has 0 bridgehead atoms. The second-order valence-corrected chi connectivity index (χ2v) is 6.05. The zero-order valence-corrected chi connectivity index (χ0v) is 13.4. The number of nitrogens with zero attached hydrogens (tertiary/aromatic N) is 4. The van der Waals surface area contributed by atoms with E-state index in [4.69, 9.17) is 0 Å². The summed E-state index contributed by atoms with van der Waals surface area (Å²) in [5.74, 6) is -0.102. The lowest BCUT2D eigenvalue weighted by molar-refractivity contribution is -0.120. The minimum atomic E-state index is -0.432. The molecule has 128 valence electrons. The Hall–Kier alpha value is -3.03. The summed E-state index contributed by atoms with van der Waals surface area (Å²) in [6.07, 6.45) is 4.67. The Balaban J connectivity index is 1.52. The van der Waals surface area contributed by atoms with Crippen molar-refractivity contribution in [3.63, 3.8) is 0 Å². The fraction of sp³-hybridized carbons (Fsp3) is 0.294. The lowest BCUT2D eigenvalue weighted by Gasteiger charge is -2.32. The number of nitrogens with one attached hydrogen (secondary N) is 2. The summed E-state index contributed by atoms with van der Waals surface area (Å²) >= 11 is 0. The van der Waals surface area contributed by atoms with Gasteiger partial charge in [0.1, 0.15) is 17.7 Å². The minimum absolute atomic E-state index is 0.176. The molecule has 8 heteroatoms. The van der Waals surface area contributed by atoms with Crippen molar-refractivity contribution in [3.05, 3.63) is 42.7 Å². The monoisotopic (exact) mass is 340 g/mol. The molecule has 1 aliphatic rings. The van der Waals surface area contributed by atoms with E-state index >= 15 is 0 Å². The summed E-state index contributed by atoms with van der Waals surface area (Å²) < 4.78 is 13.7. The lowest BCUT2D eigenvalue weighted by atomic mass is 9.97. The van der Waals surface area contributed by atoms with Gasteiger partial charge in [0.25, 0.3) is 0 Å². The highest BCUT2D eigenvalue weighted by atomic mass is 19.1. The van der Waals surface area contributed by atoms with E-state index in [1.54, 1.807) is 24.5 Å². The van der Waals surface area contributed by atoms with Crippen LogP contribution in [0.5, 0.6) is 0 Å². The number of carbonyl (C=O) groups excluding carboxylic acids is 1. The van der Waals surface area contributed by atoms with Gasteiger partial charge in [-0.1, -0.05) is 12.1 Å². The van der Waals surface area contributed by atoms with Gasteiger partial charge in [-0.2, -0.15) is 0 Å². The predicted octanol–water partition coefficient (Wildman–Crippen LogP) is 2.35. The van der Waals surface area contributed by atoms with Gasteiger partial charge in [-0.3, -0.25) is 4.79 Å². The molecule has 0 saturated carbocycles. The maximum absolute atomic E-state index is 13.7. The smallest absolute Gasteiger partial charge is 0.229 e. The van der Waals surface area contributed by atoms with Crippen molar-refractivity contribution in [1.82, 2.24) is 19.9 Å². The average Bonchev–Trinajstić information content (AvgIpc) is 3.12. The second kappa shape index (κ2) is 6.46. The Morgan fingerprint density at radius 3 is 3.04 bits per heavy atom. The van der Waals surface area contributed by atoms with Crippen LogP contribution in [-0.2, 0) is 4.79 Å². The summed E-state index contributed by atoms with van der Waals surface area (Å²) in [4.78, 5) is 30.3. The first-order valence-electron chi connectivity index (χ1n) is 8.17. The van der Waals surface area contributed by atoms with Crippen LogP contribution in [0.1, 0.15) is 12.8 Å². The molecule has 1 unspecified atom stereocenters. The van der Waals surface area contributed by atoms with E-state index in [1.165, 1.54) is 12.4 Å². The number of rotatable bonds is 3. The van der Waals surface area contributed by atoms with Crippen molar-refractivity contribution < 1.29 is 9.18 Å². The third kappa shape index (κ3) is 3.02. The number of aromatic nitrogens is 4. The number of aromatic amines is 1. The lowest BCUT2D eigenvalue weighted by Crippen LogP contribution is -2.41. The van der Waals surface area contributed by atoms with E-state index in [2.05, 4.69) is 30.2 Å². The van der Waals surface area contributed by atoms with Gasteiger partial charge in [-0.25, -0.2) is 19.3 Å². The molecule has 25 heavy (non-hydrogen) atoms. The predicted molar refractivity (Wildman–Crippen MR) is 91.7 cm³/mol. The highest BCUT2D eigenvalue weighted by Crippen LogP contribution is 2.26. The molecule has 1 saturated heterocycles. The van der Waals surface area contributed by atoms with Gasteiger partial charge in [-0.15, -0.1) is 0 Å². The summed E-state index contributed by atoms with van der Waals surface area (Å²) in [6, 6.07) is 6.19. The first-order chi connectivity index (χ1) is 12.2. The Kier molecular flexibility index (Phi) is 4.01. The number of hydrogen-bond donors (Lipinski definition) is 2. The van der Waals surface area contributed by atoms with E-state index in [1.807, 2.05) is 0 Å². The molecule has 0 spiro atoms. The highest BCUT2D eigenvalue weighted by molar-refractivity contribution is 5.93. The molecule has 0 radical (unpaired) electrons. The molecule has 3 heterocycles. The van der Waals surface area contributed by atoms with Crippen LogP contribution in [0.15, 0.2) is 36.9 Å². The quantitative estimate of drug-likeness (QED) is 0.764. The SMILES string of the molecule is O=C(Nc1ccccc1F)C1CCCN(c2ncnc3nc[nH]c23)C1. The molecular weight excluding hydrogens is 323 g/mol. The maximum Gasteiger partial charge on any atom is 0.229 e. The summed E-state index contributed by atoms with van der Waals surface area (Å²) in [6.45, 7) is 1.32. The van der Waals surface area contributed by atoms with Gasteiger partial charge >= 0.3 is 0 Å². The number of carbonyl (C=O) groups is 1. The first-order valence-corrected chi connectivity index (χ1v) is 8.17. The molecule has 3 aromatic rings. The van der Waals surface area contributed by atoms with Gasteiger partial charge < -0.3 is 15.2 Å². The Morgan fingerprint density at radius 1 is 1.28 bits per heavy atom. The summed E-state index contributed by atoms with van der Waals surface area (Å²) in [7, 11) is 0. The Labute approximate surface area is 143 Å². The number of benzene rings is 1. The number of amides is 1. The second-order valence-electron chi connectivity index (χ2n) is 6.05. The Bertz CT molecular complexity index is 911. The average molecular weight is 340 g/mol. The van der Waals surface area contributed by atoms with Crippen molar-refractivity contribution in [2.45, 2.75) is 12.8 Å². The van der Waals surface area contributed by atoms with Crippen molar-refractivity contribution in [1.29, 1.82) is 0 Å². The number of halogens is 1. The third-order valence-corrected chi connectivity index (χ3v) is 4.43. The highest BCUT2D eigenvalue weighted by Gasteiger charge is 2.28. The van der Waals surface area contributed by atoms with Gasteiger partial charge in [0.15, 0.2) is 11.5 Å². The van der Waals surface area contributed by atoms with Crippen LogP contribution in [0.3, 0.4) is 0 Å². The normalized spacial score (nSPS) is 17.6. The van der Waals surface area contributed by atoms with Gasteiger partial charge in [0.2, 0.25) is 5.91 Å². The first kappa shape index (κ1) is 15.5. The van der Waals surface area contributed by atoms with Crippen LogP contribution in [0.25, 0.3) is 11.2 Å². The fourth-order valence-corrected chi connectivity index (χ4v) is 3.17. The standard InChI is InChI=1S/C17H17FN6O/c18-12-5-1-2-6-13(12)23-17(25)11-4-3-7-24(8-11)16-14-15(20-9-19-14)21-10-22-16/h1-2,5-6,9-11H,3-4,7-8H2,(H,23,25)(H,19,20,21,22). The van der Waals surface area contributed by atoms with E-state index in [0.29, 0.717) is 12.2 Å². The van der Waals surface area contributed by atoms with Crippen molar-refractivity contribution in [2.24, 2.45) is 5.92 Å². The molecular formula is C17H17FN6O. The molecule has 2 N–H and O–H groups in total. The van der Waals surface area contributed by atoms with Gasteiger partial charge in [0, 0.05) is 13.1 Å². The zero-order valence-electron chi connectivity index (χ0n) is 13.4. The largest absolute Gasteiger partial charge is 0.354 e. The van der Waals surface area contributed by atoms with Gasteiger partial charge in [0.05, 0.1) is 17.9 Å². The molecule has 2 aromatic heterocycles. The van der Waals surface area contributed by atoms with E-state index in [-0.39, 0.29) is 17.5 Å². The van der Waals surface area contributed by atoms with Crippen molar-refractivity contribution >= 4 is 28.6 Å². The number of hydrogen-bond acceptors (Lipinski definition) is 5. The summed E-state index contributed by atoms with van der Waals surface area (Å²) in [5.41, 5.74) is 1.57. The number of imidazole rings is 1. The van der Waals surface area contributed by atoms with Crippen LogP contribution >= 0.6 is 0 Å². The number of piperidine rings is 1. The van der Waals surface area contributed by atoms with Crippen LogP contribution in [-0.4, -0.2) is 38.9 Å². The molecule has 4 rings (SSSR count). The molecule has 1 aromatic carbocycles. The number of H-pyrrole nitrogens is 1. The van der Waals surface area contributed by atoms with Crippen LogP contribution < -0.4 is 10.2 Å². The van der Waals surface area contributed by atoms with Crippen molar-refractivity contribution in [3.8, 4) is 0 Å². The zero-order chi connectivity index (χ0) is 17.2. The third-order valence-electron chi connectivity index (χ3n) is 4.43. The molecule has 1 atom stereocenters. The minimum Gasteiger partial charge on any atom is -0.354 e. The van der Waals surface area contributed by atoms with E-state index in [0.717, 1.165) is 30.7 Å². The van der Waals surface area contributed by atoms with E-state index < -0.39 is 5.82 Å². The molecule has 1 fully saturated rings. The van der Waals surface area contributed by atoms with Gasteiger partial charge in [-0.05, 0) is 25.0 Å². The van der Waals surface area contributed by atoms with Crippen LogP contribution in [0.2, 0.25) is 0 Å².